The zero-order valence-corrected chi connectivity index (χ0v) is 12.8. The molecule has 1 rings (SSSR count). The van der Waals surface area contributed by atoms with Gasteiger partial charge in [0.1, 0.15) is 0 Å². The highest BCUT2D eigenvalue weighted by molar-refractivity contribution is 9.10. The Labute approximate surface area is 120 Å². The van der Waals surface area contributed by atoms with Crippen LogP contribution in [0.2, 0.25) is 0 Å². The summed E-state index contributed by atoms with van der Waals surface area (Å²) in [5.74, 6) is 0.775. The highest BCUT2D eigenvalue weighted by atomic mass is 79.9. The van der Waals surface area contributed by atoms with Crippen molar-refractivity contribution >= 4 is 33.6 Å². The van der Waals surface area contributed by atoms with Crippen molar-refractivity contribution in [3.05, 3.63) is 28.7 Å². The molecule has 0 aliphatic rings. The van der Waals surface area contributed by atoms with Crippen LogP contribution in [0.3, 0.4) is 0 Å². The standard InChI is InChI=1S/C13H18BrNO2S/c1-10(6-7-16)8-15-13(17)9-18-12-4-2-11(14)3-5-12/h2-5,10,16H,6-9H2,1H3,(H,15,17). The van der Waals surface area contributed by atoms with E-state index in [1.165, 1.54) is 11.8 Å². The number of carbonyl (C=O) groups excluding carboxylic acids is 1. The van der Waals surface area contributed by atoms with E-state index in [4.69, 9.17) is 5.11 Å². The number of hydrogen-bond donors (Lipinski definition) is 2. The number of rotatable bonds is 7. The number of nitrogens with one attached hydrogen (secondary N) is 1. The molecule has 1 aromatic rings. The van der Waals surface area contributed by atoms with E-state index in [9.17, 15) is 4.79 Å². The summed E-state index contributed by atoms with van der Waals surface area (Å²) in [6.45, 7) is 2.81. The Kier molecular flexibility index (Phi) is 7.39. The van der Waals surface area contributed by atoms with Gasteiger partial charge in [-0.2, -0.15) is 0 Å². The third-order valence-corrected chi connectivity index (χ3v) is 3.99. The summed E-state index contributed by atoms with van der Waals surface area (Å²) in [5.41, 5.74) is 0. The Bertz CT molecular complexity index is 370. The first-order chi connectivity index (χ1) is 8.61. The van der Waals surface area contributed by atoms with Gasteiger partial charge in [-0.1, -0.05) is 22.9 Å². The smallest absolute Gasteiger partial charge is 0.230 e. The predicted octanol–water partition coefficient (Wildman–Crippen LogP) is 2.68. The van der Waals surface area contributed by atoms with Gasteiger partial charge >= 0.3 is 0 Å². The predicted molar refractivity (Wildman–Crippen MR) is 78.7 cm³/mol. The van der Waals surface area contributed by atoms with Crippen LogP contribution >= 0.6 is 27.7 Å². The molecule has 1 atom stereocenters. The van der Waals surface area contributed by atoms with Crippen LogP contribution in [-0.2, 0) is 4.79 Å². The van der Waals surface area contributed by atoms with Gasteiger partial charge in [0, 0.05) is 22.5 Å². The first kappa shape index (κ1) is 15.5. The largest absolute Gasteiger partial charge is 0.396 e. The fourth-order valence-corrected chi connectivity index (χ4v) is 2.33. The van der Waals surface area contributed by atoms with Crippen LogP contribution in [0.1, 0.15) is 13.3 Å². The van der Waals surface area contributed by atoms with Gasteiger partial charge < -0.3 is 10.4 Å². The van der Waals surface area contributed by atoms with Gasteiger partial charge in [-0.25, -0.2) is 0 Å². The molecule has 0 aromatic heterocycles. The molecule has 0 bridgehead atoms. The fraction of sp³-hybridized carbons (Fsp3) is 0.462. The molecule has 0 fully saturated rings. The number of amides is 1. The third-order valence-electron chi connectivity index (χ3n) is 2.45. The summed E-state index contributed by atoms with van der Waals surface area (Å²) in [4.78, 5) is 12.7. The molecule has 0 aliphatic carbocycles. The van der Waals surface area contributed by atoms with Crippen LogP contribution in [0.15, 0.2) is 33.6 Å². The molecule has 0 radical (unpaired) electrons. The maximum absolute atomic E-state index is 11.6. The molecule has 3 nitrogen and oxygen atoms in total. The Morgan fingerprint density at radius 2 is 2.11 bits per heavy atom. The van der Waals surface area contributed by atoms with Gasteiger partial charge in [-0.05, 0) is 36.6 Å². The van der Waals surface area contributed by atoms with E-state index in [1.807, 2.05) is 31.2 Å². The van der Waals surface area contributed by atoms with Crippen LogP contribution in [0, 0.1) is 5.92 Å². The lowest BCUT2D eigenvalue weighted by Gasteiger charge is -2.10. The quantitative estimate of drug-likeness (QED) is 0.755. The number of aliphatic hydroxyl groups excluding tert-OH is 1. The van der Waals surface area contributed by atoms with Crippen LogP contribution in [-0.4, -0.2) is 29.9 Å². The molecule has 1 amide bonds. The van der Waals surface area contributed by atoms with E-state index in [0.717, 1.165) is 15.8 Å². The first-order valence-electron chi connectivity index (χ1n) is 5.87. The maximum Gasteiger partial charge on any atom is 0.230 e. The highest BCUT2D eigenvalue weighted by Crippen LogP contribution is 2.20. The van der Waals surface area contributed by atoms with Crippen LogP contribution in [0.25, 0.3) is 0 Å². The molecule has 18 heavy (non-hydrogen) atoms. The lowest BCUT2D eigenvalue weighted by molar-refractivity contribution is -0.118. The number of halogens is 1. The highest BCUT2D eigenvalue weighted by Gasteiger charge is 2.05. The number of benzene rings is 1. The SMILES string of the molecule is CC(CCO)CNC(=O)CSc1ccc(Br)cc1. The van der Waals surface area contributed by atoms with Crippen molar-refractivity contribution in [2.24, 2.45) is 5.92 Å². The minimum Gasteiger partial charge on any atom is -0.396 e. The number of carbonyl (C=O) groups is 1. The van der Waals surface area contributed by atoms with E-state index in [-0.39, 0.29) is 12.5 Å². The van der Waals surface area contributed by atoms with Gasteiger partial charge in [-0.15, -0.1) is 11.8 Å². The zero-order valence-electron chi connectivity index (χ0n) is 10.4. The minimum atomic E-state index is 0.0349. The fourth-order valence-electron chi connectivity index (χ4n) is 1.34. The summed E-state index contributed by atoms with van der Waals surface area (Å²) in [5, 5.41) is 11.6. The van der Waals surface area contributed by atoms with E-state index in [2.05, 4.69) is 21.2 Å². The normalized spacial score (nSPS) is 12.2. The van der Waals surface area contributed by atoms with Crippen molar-refractivity contribution in [1.29, 1.82) is 0 Å². The monoisotopic (exact) mass is 331 g/mol. The number of aliphatic hydroxyl groups is 1. The molecule has 1 unspecified atom stereocenters. The van der Waals surface area contributed by atoms with Crippen molar-refractivity contribution < 1.29 is 9.90 Å². The van der Waals surface area contributed by atoms with Crippen molar-refractivity contribution in [3.8, 4) is 0 Å². The maximum atomic E-state index is 11.6. The molecule has 100 valence electrons. The van der Waals surface area contributed by atoms with Gasteiger partial charge in [0.05, 0.1) is 5.75 Å². The van der Waals surface area contributed by atoms with Crippen molar-refractivity contribution in [1.82, 2.24) is 5.32 Å². The third kappa shape index (κ3) is 6.42. The average molecular weight is 332 g/mol. The van der Waals surface area contributed by atoms with Gasteiger partial charge in [0.25, 0.3) is 0 Å². The van der Waals surface area contributed by atoms with E-state index >= 15 is 0 Å². The van der Waals surface area contributed by atoms with Gasteiger partial charge in [0.2, 0.25) is 5.91 Å². The Morgan fingerprint density at radius 3 is 2.72 bits per heavy atom. The summed E-state index contributed by atoms with van der Waals surface area (Å²) < 4.78 is 1.04. The molecule has 5 heteroatoms. The lowest BCUT2D eigenvalue weighted by Crippen LogP contribution is -2.29. The Hall–Kier alpha value is -0.520. The molecular formula is C13H18BrNO2S. The Morgan fingerprint density at radius 1 is 1.44 bits per heavy atom. The summed E-state index contributed by atoms with van der Waals surface area (Å²) in [6, 6.07) is 7.89. The summed E-state index contributed by atoms with van der Waals surface area (Å²) in [6.07, 6.45) is 0.722. The summed E-state index contributed by atoms with van der Waals surface area (Å²) >= 11 is 4.89. The molecule has 0 aliphatic heterocycles. The summed E-state index contributed by atoms with van der Waals surface area (Å²) in [7, 11) is 0. The second-order valence-corrected chi connectivity index (χ2v) is 6.13. The second kappa shape index (κ2) is 8.56. The van der Waals surface area contributed by atoms with E-state index in [0.29, 0.717) is 18.2 Å². The molecule has 1 aromatic carbocycles. The van der Waals surface area contributed by atoms with E-state index < -0.39 is 0 Å². The van der Waals surface area contributed by atoms with Crippen LogP contribution in [0.5, 0.6) is 0 Å². The van der Waals surface area contributed by atoms with E-state index in [1.54, 1.807) is 0 Å². The molecule has 0 saturated heterocycles. The van der Waals surface area contributed by atoms with Crippen LogP contribution < -0.4 is 5.32 Å². The molecule has 0 heterocycles. The van der Waals surface area contributed by atoms with Gasteiger partial charge in [0.15, 0.2) is 0 Å². The van der Waals surface area contributed by atoms with Crippen molar-refractivity contribution in [2.45, 2.75) is 18.2 Å². The zero-order chi connectivity index (χ0) is 13.4. The topological polar surface area (TPSA) is 49.3 Å². The Balaban J connectivity index is 2.22. The second-order valence-electron chi connectivity index (χ2n) is 4.16. The number of hydrogen-bond acceptors (Lipinski definition) is 3. The van der Waals surface area contributed by atoms with Crippen molar-refractivity contribution in [3.63, 3.8) is 0 Å². The van der Waals surface area contributed by atoms with Crippen molar-refractivity contribution in [2.75, 3.05) is 18.9 Å². The van der Waals surface area contributed by atoms with Gasteiger partial charge in [-0.3, -0.25) is 4.79 Å². The molecule has 0 spiro atoms. The average Bonchev–Trinajstić information content (AvgIpc) is 2.36. The lowest BCUT2D eigenvalue weighted by atomic mass is 10.1. The molecular weight excluding hydrogens is 314 g/mol. The first-order valence-corrected chi connectivity index (χ1v) is 7.65. The molecule has 2 N–H and O–H groups in total. The minimum absolute atomic E-state index is 0.0349. The number of thioether (sulfide) groups is 1. The van der Waals surface area contributed by atoms with Crippen LogP contribution in [0.4, 0.5) is 0 Å². The molecule has 0 saturated carbocycles.